The summed E-state index contributed by atoms with van der Waals surface area (Å²) in [6.07, 6.45) is 5.05. The normalized spacial score (nSPS) is 19.4. The second-order valence-electron chi connectivity index (χ2n) is 7.48. The van der Waals surface area contributed by atoms with Crippen LogP contribution in [0.15, 0.2) is 22.7 Å². The topological polar surface area (TPSA) is 89.7 Å². The molecule has 2 amide bonds. The maximum absolute atomic E-state index is 12.8. The first-order chi connectivity index (χ1) is 13.7. The number of methoxy groups -OCH3 is 2. The molecule has 1 unspecified atom stereocenters. The summed E-state index contributed by atoms with van der Waals surface area (Å²) in [5.41, 5.74) is 0.626. The summed E-state index contributed by atoms with van der Waals surface area (Å²) in [6.45, 7) is 1.41. The van der Waals surface area contributed by atoms with Gasteiger partial charge in [-0.25, -0.2) is 4.79 Å². The highest BCUT2D eigenvalue weighted by Gasteiger charge is 2.30. The minimum Gasteiger partial charge on any atom is -0.497 e. The number of likely N-dealkylation sites (tertiary alicyclic amines) is 1. The van der Waals surface area contributed by atoms with Crippen LogP contribution in [0.5, 0.6) is 11.5 Å². The Hall–Kier alpha value is -2.77. The Labute approximate surface area is 164 Å². The van der Waals surface area contributed by atoms with E-state index in [4.69, 9.17) is 14.0 Å². The summed E-state index contributed by atoms with van der Waals surface area (Å²) in [5, 5.41) is 7.03. The molecular formula is C20H26N4O4. The number of hydrogen-bond acceptors (Lipinski definition) is 6. The summed E-state index contributed by atoms with van der Waals surface area (Å²) in [7, 11) is 3.17. The zero-order valence-electron chi connectivity index (χ0n) is 16.3. The molecule has 1 aliphatic heterocycles. The van der Waals surface area contributed by atoms with Crippen molar-refractivity contribution < 1.29 is 18.8 Å². The lowest BCUT2D eigenvalue weighted by molar-refractivity contribution is 0.173. The Balaban J connectivity index is 1.36. The van der Waals surface area contributed by atoms with Crippen LogP contribution < -0.4 is 14.8 Å². The molecule has 2 aliphatic rings. The van der Waals surface area contributed by atoms with E-state index < -0.39 is 0 Å². The number of piperidine rings is 1. The molecule has 1 aromatic carbocycles. The van der Waals surface area contributed by atoms with Crippen molar-refractivity contribution in [2.45, 2.75) is 38.0 Å². The van der Waals surface area contributed by atoms with Crippen molar-refractivity contribution in [2.24, 2.45) is 5.92 Å². The lowest BCUT2D eigenvalue weighted by Crippen LogP contribution is -2.42. The van der Waals surface area contributed by atoms with Crippen molar-refractivity contribution in [1.82, 2.24) is 15.0 Å². The van der Waals surface area contributed by atoms with Crippen LogP contribution in [0.4, 0.5) is 10.5 Å². The molecule has 2 aromatic rings. The molecule has 1 atom stereocenters. The first kappa shape index (κ1) is 18.6. The standard InChI is InChI=1S/C20H26N4O4/c1-26-15-7-8-16(17(11-15)27-2)21-20(25)24-9-3-4-13(12-24)10-18-22-19(23-28-18)14-5-6-14/h7-8,11,13-14H,3-6,9-10,12H2,1-2H3,(H,21,25). The zero-order chi connectivity index (χ0) is 19.5. The van der Waals surface area contributed by atoms with Crippen molar-refractivity contribution in [3.63, 3.8) is 0 Å². The van der Waals surface area contributed by atoms with Gasteiger partial charge < -0.3 is 24.2 Å². The number of carbonyl (C=O) groups is 1. The van der Waals surface area contributed by atoms with Crippen LogP contribution in [0.1, 0.15) is 43.3 Å². The van der Waals surface area contributed by atoms with Gasteiger partial charge in [0.1, 0.15) is 11.5 Å². The second kappa shape index (κ2) is 8.08. The third kappa shape index (κ3) is 4.21. The van der Waals surface area contributed by atoms with Crippen LogP contribution >= 0.6 is 0 Å². The molecule has 0 bridgehead atoms. The molecule has 28 heavy (non-hydrogen) atoms. The van der Waals surface area contributed by atoms with Gasteiger partial charge in [0, 0.05) is 31.5 Å². The fraction of sp³-hybridized carbons (Fsp3) is 0.550. The minimum atomic E-state index is -0.127. The van der Waals surface area contributed by atoms with Crippen molar-refractivity contribution >= 4 is 11.7 Å². The Morgan fingerprint density at radius 2 is 2.14 bits per heavy atom. The van der Waals surface area contributed by atoms with Crippen molar-refractivity contribution in [2.75, 3.05) is 32.6 Å². The van der Waals surface area contributed by atoms with Crippen LogP contribution in [0.3, 0.4) is 0 Å². The first-order valence-electron chi connectivity index (χ1n) is 9.76. The van der Waals surface area contributed by atoms with E-state index in [9.17, 15) is 4.79 Å². The van der Waals surface area contributed by atoms with E-state index in [1.54, 1.807) is 32.4 Å². The number of hydrogen-bond donors (Lipinski definition) is 1. The molecular weight excluding hydrogens is 360 g/mol. The van der Waals surface area contributed by atoms with E-state index in [1.165, 1.54) is 0 Å². The SMILES string of the molecule is COc1ccc(NC(=O)N2CCCC(Cc3nc(C4CC4)no3)C2)c(OC)c1. The molecule has 1 N–H and O–H groups in total. The second-order valence-corrected chi connectivity index (χ2v) is 7.48. The molecule has 1 saturated heterocycles. The highest BCUT2D eigenvalue weighted by molar-refractivity contribution is 5.91. The van der Waals surface area contributed by atoms with E-state index in [1.807, 2.05) is 4.90 Å². The smallest absolute Gasteiger partial charge is 0.321 e. The molecule has 0 spiro atoms. The van der Waals surface area contributed by atoms with E-state index in [2.05, 4.69) is 15.5 Å². The van der Waals surface area contributed by atoms with Gasteiger partial charge in [0.25, 0.3) is 0 Å². The average molecular weight is 386 g/mol. The highest BCUT2D eigenvalue weighted by atomic mass is 16.5. The predicted octanol–water partition coefficient (Wildman–Crippen LogP) is 3.45. The van der Waals surface area contributed by atoms with Crippen LogP contribution in [-0.2, 0) is 6.42 Å². The number of benzene rings is 1. The highest BCUT2D eigenvalue weighted by Crippen LogP contribution is 2.38. The largest absolute Gasteiger partial charge is 0.497 e. The van der Waals surface area contributed by atoms with Gasteiger partial charge in [-0.1, -0.05) is 5.16 Å². The molecule has 4 rings (SSSR count). The monoisotopic (exact) mass is 386 g/mol. The minimum absolute atomic E-state index is 0.127. The number of amides is 2. The van der Waals surface area contributed by atoms with Crippen LogP contribution in [-0.4, -0.2) is 48.4 Å². The number of nitrogens with one attached hydrogen (secondary N) is 1. The maximum Gasteiger partial charge on any atom is 0.321 e. The fourth-order valence-electron chi connectivity index (χ4n) is 3.62. The van der Waals surface area contributed by atoms with E-state index in [-0.39, 0.29) is 6.03 Å². The van der Waals surface area contributed by atoms with Gasteiger partial charge in [0.05, 0.1) is 19.9 Å². The number of rotatable bonds is 6. The molecule has 8 heteroatoms. The Morgan fingerprint density at radius 1 is 1.29 bits per heavy atom. The quantitative estimate of drug-likeness (QED) is 0.818. The molecule has 1 aliphatic carbocycles. The fourth-order valence-corrected chi connectivity index (χ4v) is 3.62. The molecule has 1 aromatic heterocycles. The third-order valence-electron chi connectivity index (χ3n) is 5.35. The lowest BCUT2D eigenvalue weighted by Gasteiger charge is -2.32. The predicted molar refractivity (Wildman–Crippen MR) is 103 cm³/mol. The zero-order valence-corrected chi connectivity index (χ0v) is 16.3. The Morgan fingerprint density at radius 3 is 2.89 bits per heavy atom. The van der Waals surface area contributed by atoms with E-state index in [0.717, 1.165) is 44.5 Å². The summed E-state index contributed by atoms with van der Waals surface area (Å²) >= 11 is 0. The van der Waals surface area contributed by atoms with Gasteiger partial charge in [-0.2, -0.15) is 4.98 Å². The maximum atomic E-state index is 12.8. The number of anilines is 1. The Kier molecular flexibility index (Phi) is 5.36. The van der Waals surface area contributed by atoms with Gasteiger partial charge in [0.15, 0.2) is 5.82 Å². The summed E-state index contributed by atoms with van der Waals surface area (Å²) in [6, 6.07) is 5.21. The van der Waals surface area contributed by atoms with E-state index >= 15 is 0 Å². The molecule has 150 valence electrons. The van der Waals surface area contributed by atoms with Crippen LogP contribution in [0.2, 0.25) is 0 Å². The van der Waals surface area contributed by atoms with Crippen LogP contribution in [0, 0.1) is 5.92 Å². The summed E-state index contributed by atoms with van der Waals surface area (Å²) < 4.78 is 16.0. The number of carbonyl (C=O) groups excluding carboxylic acids is 1. The molecule has 1 saturated carbocycles. The van der Waals surface area contributed by atoms with Gasteiger partial charge in [0.2, 0.25) is 5.89 Å². The van der Waals surface area contributed by atoms with Gasteiger partial charge in [-0.3, -0.25) is 0 Å². The van der Waals surface area contributed by atoms with Crippen molar-refractivity contribution in [1.29, 1.82) is 0 Å². The summed E-state index contributed by atoms with van der Waals surface area (Å²) in [4.78, 5) is 19.1. The number of nitrogens with zero attached hydrogens (tertiary/aromatic N) is 3. The Bertz CT molecular complexity index is 833. The molecule has 2 fully saturated rings. The molecule has 2 heterocycles. The van der Waals surface area contributed by atoms with E-state index in [0.29, 0.717) is 41.5 Å². The number of ether oxygens (including phenoxy) is 2. The number of urea groups is 1. The average Bonchev–Trinajstić information content (AvgIpc) is 3.48. The molecule has 8 nitrogen and oxygen atoms in total. The van der Waals surface area contributed by atoms with Gasteiger partial charge >= 0.3 is 6.03 Å². The van der Waals surface area contributed by atoms with Gasteiger partial charge in [-0.15, -0.1) is 0 Å². The first-order valence-corrected chi connectivity index (χ1v) is 9.76. The molecule has 0 radical (unpaired) electrons. The summed E-state index contributed by atoms with van der Waals surface area (Å²) in [5.74, 6) is 3.59. The van der Waals surface area contributed by atoms with Crippen molar-refractivity contribution in [3.8, 4) is 11.5 Å². The third-order valence-corrected chi connectivity index (χ3v) is 5.35. The van der Waals surface area contributed by atoms with Crippen LogP contribution in [0.25, 0.3) is 0 Å². The van der Waals surface area contributed by atoms with Crippen molar-refractivity contribution in [3.05, 3.63) is 29.9 Å². The number of aromatic nitrogens is 2. The lowest BCUT2D eigenvalue weighted by atomic mass is 9.95. The van der Waals surface area contributed by atoms with Gasteiger partial charge in [-0.05, 0) is 43.7 Å².